The van der Waals surface area contributed by atoms with Gasteiger partial charge in [0.25, 0.3) is 11.8 Å². The van der Waals surface area contributed by atoms with Crippen LogP contribution in [-0.4, -0.2) is 57.1 Å². The van der Waals surface area contributed by atoms with E-state index in [1.807, 2.05) is 4.90 Å². The number of hydrogen-bond donors (Lipinski definition) is 2. The van der Waals surface area contributed by atoms with Gasteiger partial charge in [-0.2, -0.15) is 0 Å². The third-order valence-electron chi connectivity index (χ3n) is 4.72. The maximum Gasteiger partial charge on any atom is 0.256 e. The number of benzene rings is 2. The second-order valence-electron chi connectivity index (χ2n) is 6.62. The van der Waals surface area contributed by atoms with Crippen molar-refractivity contribution in [3.05, 3.63) is 58.6 Å². The quantitative estimate of drug-likeness (QED) is 0.835. The van der Waals surface area contributed by atoms with Crippen LogP contribution in [0, 0.1) is 0 Å². The summed E-state index contributed by atoms with van der Waals surface area (Å²) in [6.45, 7) is 3.17. The Kier molecular flexibility index (Phi) is 5.98. The van der Waals surface area contributed by atoms with Gasteiger partial charge in [-0.15, -0.1) is 0 Å². The van der Waals surface area contributed by atoms with Crippen LogP contribution in [0.4, 0.5) is 5.69 Å². The van der Waals surface area contributed by atoms with Gasteiger partial charge in [-0.05, 0) is 42.5 Å². The van der Waals surface area contributed by atoms with E-state index in [1.165, 1.54) is 4.90 Å². The Labute approximate surface area is 163 Å². The molecule has 27 heavy (non-hydrogen) atoms. The number of anilines is 1. The van der Waals surface area contributed by atoms with Crippen LogP contribution < -0.4 is 15.0 Å². The minimum absolute atomic E-state index is 0.116. The number of hydrogen-bond acceptors (Lipinski definition) is 3. The number of ether oxygens (including phenoxy) is 1. The van der Waals surface area contributed by atoms with Gasteiger partial charge in [0.15, 0.2) is 0 Å². The zero-order valence-corrected chi connectivity index (χ0v) is 16.2. The van der Waals surface area contributed by atoms with Gasteiger partial charge in [0.2, 0.25) is 0 Å². The molecule has 1 fully saturated rings. The Hall–Kier alpha value is -2.57. The first-order valence-electron chi connectivity index (χ1n) is 8.83. The molecule has 0 aromatic heterocycles. The molecule has 2 aromatic rings. The average molecular weight is 389 g/mol. The normalized spacial score (nSPS) is 14.7. The van der Waals surface area contributed by atoms with Crippen LogP contribution in [0.3, 0.4) is 0 Å². The van der Waals surface area contributed by atoms with Gasteiger partial charge < -0.3 is 19.9 Å². The minimum atomic E-state index is -0.295. The van der Waals surface area contributed by atoms with Crippen LogP contribution >= 0.6 is 11.6 Å². The monoisotopic (exact) mass is 388 g/mol. The van der Waals surface area contributed by atoms with Gasteiger partial charge >= 0.3 is 0 Å². The number of quaternary nitrogens is 1. The predicted octanol–water partition coefficient (Wildman–Crippen LogP) is 1.57. The maximum absolute atomic E-state index is 13.0. The number of nitrogens with one attached hydrogen (secondary N) is 2. The summed E-state index contributed by atoms with van der Waals surface area (Å²) >= 11 is 6.11. The van der Waals surface area contributed by atoms with E-state index in [2.05, 4.69) is 12.4 Å². The molecule has 0 bridgehead atoms. The van der Waals surface area contributed by atoms with Gasteiger partial charge in [0.05, 0.1) is 51.6 Å². The number of rotatable bonds is 4. The molecule has 1 aliphatic rings. The smallest absolute Gasteiger partial charge is 0.256 e. The molecule has 3 rings (SSSR count). The zero-order valence-electron chi connectivity index (χ0n) is 15.4. The summed E-state index contributed by atoms with van der Waals surface area (Å²) < 4.78 is 5.11. The SMILES string of the molecule is COc1ccc(C(=O)Nc2ccc(Cl)cc2C(=O)N2CC[NH+](C)CC2)cc1. The fourth-order valence-corrected chi connectivity index (χ4v) is 3.17. The van der Waals surface area contributed by atoms with Crippen LogP contribution in [0.25, 0.3) is 0 Å². The van der Waals surface area contributed by atoms with Crippen LogP contribution in [0.15, 0.2) is 42.5 Å². The first-order chi connectivity index (χ1) is 13.0. The summed E-state index contributed by atoms with van der Waals surface area (Å²) in [5, 5.41) is 3.29. The highest BCUT2D eigenvalue weighted by molar-refractivity contribution is 6.31. The molecule has 2 amide bonds. The zero-order chi connectivity index (χ0) is 19.4. The topological polar surface area (TPSA) is 63.1 Å². The summed E-state index contributed by atoms with van der Waals surface area (Å²) in [4.78, 5) is 28.8. The lowest BCUT2D eigenvalue weighted by Crippen LogP contribution is -3.12. The van der Waals surface area contributed by atoms with E-state index >= 15 is 0 Å². The van der Waals surface area contributed by atoms with Crippen molar-refractivity contribution in [1.29, 1.82) is 0 Å². The van der Waals surface area contributed by atoms with Crippen molar-refractivity contribution in [1.82, 2.24) is 4.90 Å². The van der Waals surface area contributed by atoms with E-state index in [0.29, 0.717) is 40.7 Å². The average Bonchev–Trinajstić information content (AvgIpc) is 2.69. The highest BCUT2D eigenvalue weighted by Gasteiger charge is 2.25. The maximum atomic E-state index is 13.0. The molecule has 6 nitrogen and oxygen atoms in total. The molecular weight excluding hydrogens is 366 g/mol. The van der Waals surface area contributed by atoms with Crippen molar-refractivity contribution in [2.75, 3.05) is 45.7 Å². The van der Waals surface area contributed by atoms with Crippen molar-refractivity contribution in [3.63, 3.8) is 0 Å². The number of amides is 2. The molecule has 0 radical (unpaired) electrons. The summed E-state index contributed by atoms with van der Waals surface area (Å²) in [6.07, 6.45) is 0. The summed E-state index contributed by atoms with van der Waals surface area (Å²) in [7, 11) is 3.68. The van der Waals surface area contributed by atoms with Gasteiger partial charge in [0, 0.05) is 10.6 Å². The van der Waals surface area contributed by atoms with Crippen LogP contribution in [0.5, 0.6) is 5.75 Å². The molecule has 0 atom stereocenters. The lowest BCUT2D eigenvalue weighted by molar-refractivity contribution is -0.883. The Morgan fingerprint density at radius 1 is 1.11 bits per heavy atom. The summed E-state index contributed by atoms with van der Waals surface area (Å²) in [5.41, 5.74) is 1.34. The van der Waals surface area contributed by atoms with E-state index in [-0.39, 0.29) is 11.8 Å². The largest absolute Gasteiger partial charge is 0.497 e. The number of piperazine rings is 1. The van der Waals surface area contributed by atoms with Crippen molar-refractivity contribution >= 4 is 29.1 Å². The second-order valence-corrected chi connectivity index (χ2v) is 7.06. The van der Waals surface area contributed by atoms with E-state index in [0.717, 1.165) is 13.1 Å². The molecule has 2 aromatic carbocycles. The van der Waals surface area contributed by atoms with E-state index in [1.54, 1.807) is 49.6 Å². The first kappa shape index (κ1) is 19.2. The van der Waals surface area contributed by atoms with Gasteiger partial charge in [0.1, 0.15) is 5.75 Å². The molecule has 0 saturated carbocycles. The Morgan fingerprint density at radius 3 is 2.41 bits per heavy atom. The molecule has 142 valence electrons. The fraction of sp³-hybridized carbons (Fsp3) is 0.300. The Bertz CT molecular complexity index is 831. The lowest BCUT2D eigenvalue weighted by Gasteiger charge is -2.30. The van der Waals surface area contributed by atoms with E-state index in [4.69, 9.17) is 16.3 Å². The third kappa shape index (κ3) is 4.59. The van der Waals surface area contributed by atoms with Gasteiger partial charge in [-0.1, -0.05) is 11.6 Å². The molecule has 1 saturated heterocycles. The van der Waals surface area contributed by atoms with Crippen molar-refractivity contribution in [2.45, 2.75) is 0 Å². The first-order valence-corrected chi connectivity index (χ1v) is 9.21. The van der Waals surface area contributed by atoms with Gasteiger partial charge in [-0.3, -0.25) is 9.59 Å². The Balaban J connectivity index is 1.80. The molecule has 1 aliphatic heterocycles. The summed E-state index contributed by atoms with van der Waals surface area (Å²) in [6, 6.07) is 11.7. The van der Waals surface area contributed by atoms with E-state index < -0.39 is 0 Å². The van der Waals surface area contributed by atoms with E-state index in [9.17, 15) is 9.59 Å². The molecule has 7 heteroatoms. The Morgan fingerprint density at radius 2 is 1.78 bits per heavy atom. The number of halogens is 1. The van der Waals surface area contributed by atoms with Crippen molar-refractivity contribution < 1.29 is 19.2 Å². The molecule has 2 N–H and O–H groups in total. The van der Waals surface area contributed by atoms with Crippen LogP contribution in [-0.2, 0) is 0 Å². The third-order valence-corrected chi connectivity index (χ3v) is 4.95. The van der Waals surface area contributed by atoms with Gasteiger partial charge in [-0.25, -0.2) is 0 Å². The molecule has 0 spiro atoms. The molecule has 0 unspecified atom stereocenters. The van der Waals surface area contributed by atoms with Crippen LogP contribution in [0.2, 0.25) is 5.02 Å². The van der Waals surface area contributed by atoms with Crippen LogP contribution in [0.1, 0.15) is 20.7 Å². The molecule has 1 heterocycles. The molecule has 0 aliphatic carbocycles. The highest BCUT2D eigenvalue weighted by atomic mass is 35.5. The number of nitrogens with zero attached hydrogens (tertiary/aromatic N) is 1. The summed E-state index contributed by atoms with van der Waals surface area (Å²) in [5.74, 6) is 0.262. The number of carbonyl (C=O) groups excluding carboxylic acids is 2. The number of likely N-dealkylation sites (N-methyl/N-ethyl adjacent to an activating group) is 1. The van der Waals surface area contributed by atoms with Crippen molar-refractivity contribution in [3.8, 4) is 5.75 Å². The molecular formula is C20H23ClN3O3+. The van der Waals surface area contributed by atoms with Crippen molar-refractivity contribution in [2.24, 2.45) is 0 Å². The predicted molar refractivity (Wildman–Crippen MR) is 105 cm³/mol. The second kappa shape index (κ2) is 8.41. The highest BCUT2D eigenvalue weighted by Crippen LogP contribution is 2.23. The lowest BCUT2D eigenvalue weighted by atomic mass is 10.1. The number of carbonyl (C=O) groups is 2. The fourth-order valence-electron chi connectivity index (χ4n) is 3.00. The standard InChI is InChI=1S/C20H22ClN3O3/c1-23-9-11-24(12-10-23)20(26)17-13-15(21)5-8-18(17)22-19(25)14-3-6-16(27-2)7-4-14/h3-8,13H,9-12H2,1-2H3,(H,22,25)/p+1. The minimum Gasteiger partial charge on any atom is -0.497 e. The number of methoxy groups -OCH3 is 1.